The number of rotatable bonds is 4. The summed E-state index contributed by atoms with van der Waals surface area (Å²) in [7, 11) is 0. The topological polar surface area (TPSA) is 86.7 Å². The first-order chi connectivity index (χ1) is 11.5. The Kier molecular flexibility index (Phi) is 5.18. The first kappa shape index (κ1) is 17.0. The standard InChI is InChI=1S/C17H22N2O4S/c20-15(13-6-7-14(24-13)17(22)23)18-12-8-9-19(10-12)16(21)11-4-2-1-3-5-11/h6-7,11-12H,1-5,8-10H2,(H,18,20)(H,22,23). The summed E-state index contributed by atoms with van der Waals surface area (Å²) < 4.78 is 0. The monoisotopic (exact) mass is 350 g/mol. The van der Waals surface area contributed by atoms with Crippen molar-refractivity contribution in [3.8, 4) is 0 Å². The van der Waals surface area contributed by atoms with Gasteiger partial charge in [-0.05, 0) is 31.4 Å². The number of hydrogen-bond donors (Lipinski definition) is 2. The van der Waals surface area contributed by atoms with E-state index in [1.165, 1.54) is 18.6 Å². The molecule has 0 aromatic carbocycles. The second kappa shape index (κ2) is 7.34. The molecule has 24 heavy (non-hydrogen) atoms. The van der Waals surface area contributed by atoms with Crippen molar-refractivity contribution >= 4 is 29.1 Å². The minimum absolute atomic E-state index is 0.0552. The van der Waals surface area contributed by atoms with Crippen LogP contribution in [0.2, 0.25) is 0 Å². The number of carboxylic acids is 1. The van der Waals surface area contributed by atoms with Crippen LogP contribution in [0.5, 0.6) is 0 Å². The van der Waals surface area contributed by atoms with Gasteiger partial charge in [-0.2, -0.15) is 0 Å². The van der Waals surface area contributed by atoms with Crippen molar-refractivity contribution in [3.05, 3.63) is 21.9 Å². The van der Waals surface area contributed by atoms with Gasteiger partial charge < -0.3 is 15.3 Å². The minimum atomic E-state index is -1.02. The fourth-order valence-corrected chi connectivity index (χ4v) is 4.27. The molecule has 2 N–H and O–H groups in total. The van der Waals surface area contributed by atoms with Crippen LogP contribution in [-0.4, -0.2) is 46.9 Å². The first-order valence-electron chi connectivity index (χ1n) is 8.47. The van der Waals surface area contributed by atoms with Crippen molar-refractivity contribution in [1.82, 2.24) is 10.2 Å². The van der Waals surface area contributed by atoms with Gasteiger partial charge in [0.2, 0.25) is 5.91 Å². The molecule has 3 rings (SSSR count). The molecule has 2 fully saturated rings. The predicted octanol–water partition coefficient (Wildman–Crippen LogP) is 2.36. The van der Waals surface area contributed by atoms with Gasteiger partial charge in [-0.25, -0.2) is 4.79 Å². The molecular formula is C17H22N2O4S. The van der Waals surface area contributed by atoms with Crippen LogP contribution >= 0.6 is 11.3 Å². The quantitative estimate of drug-likeness (QED) is 0.873. The van der Waals surface area contributed by atoms with Crippen LogP contribution in [0.3, 0.4) is 0 Å². The molecule has 2 amide bonds. The molecule has 1 saturated heterocycles. The molecule has 0 radical (unpaired) electrons. The van der Waals surface area contributed by atoms with Crippen molar-refractivity contribution in [2.24, 2.45) is 5.92 Å². The van der Waals surface area contributed by atoms with E-state index in [1.807, 2.05) is 4.90 Å². The number of hydrogen-bond acceptors (Lipinski definition) is 4. The first-order valence-corrected chi connectivity index (χ1v) is 9.29. The lowest BCUT2D eigenvalue weighted by atomic mass is 9.88. The second-order valence-corrected chi connectivity index (χ2v) is 7.63. The third kappa shape index (κ3) is 3.77. The van der Waals surface area contributed by atoms with Crippen molar-refractivity contribution < 1.29 is 19.5 Å². The largest absolute Gasteiger partial charge is 0.477 e. The van der Waals surface area contributed by atoms with E-state index in [4.69, 9.17) is 5.11 Å². The fourth-order valence-electron chi connectivity index (χ4n) is 3.52. The molecular weight excluding hydrogens is 328 g/mol. The Morgan fingerprint density at radius 1 is 1.08 bits per heavy atom. The van der Waals surface area contributed by atoms with Gasteiger partial charge >= 0.3 is 5.97 Å². The smallest absolute Gasteiger partial charge is 0.345 e. The van der Waals surface area contributed by atoms with Gasteiger partial charge in [0.1, 0.15) is 4.88 Å². The Bertz CT molecular complexity index is 636. The molecule has 2 aliphatic rings. The van der Waals surface area contributed by atoms with Gasteiger partial charge in [-0.3, -0.25) is 9.59 Å². The van der Waals surface area contributed by atoms with E-state index in [-0.39, 0.29) is 28.7 Å². The van der Waals surface area contributed by atoms with E-state index >= 15 is 0 Å². The molecule has 0 bridgehead atoms. The maximum Gasteiger partial charge on any atom is 0.345 e. The van der Waals surface area contributed by atoms with Gasteiger partial charge in [0.05, 0.1) is 4.88 Å². The van der Waals surface area contributed by atoms with E-state index in [9.17, 15) is 14.4 Å². The Hall–Kier alpha value is -1.89. The Balaban J connectivity index is 1.52. The van der Waals surface area contributed by atoms with E-state index < -0.39 is 5.97 Å². The normalized spacial score (nSPS) is 21.7. The molecule has 1 saturated carbocycles. The van der Waals surface area contributed by atoms with Crippen molar-refractivity contribution in [2.75, 3.05) is 13.1 Å². The summed E-state index contributed by atoms with van der Waals surface area (Å²) in [6.07, 6.45) is 6.21. The van der Waals surface area contributed by atoms with Crippen molar-refractivity contribution in [3.63, 3.8) is 0 Å². The Morgan fingerprint density at radius 2 is 1.79 bits per heavy atom. The highest BCUT2D eigenvalue weighted by Crippen LogP contribution is 2.27. The maximum atomic E-state index is 12.5. The molecule has 7 heteroatoms. The molecule has 1 aliphatic carbocycles. The summed E-state index contributed by atoms with van der Waals surface area (Å²) >= 11 is 0.970. The number of carboxylic acid groups (broad SMARTS) is 1. The van der Waals surface area contributed by atoms with Gasteiger partial charge in [0, 0.05) is 25.0 Å². The Morgan fingerprint density at radius 3 is 2.46 bits per heavy atom. The van der Waals surface area contributed by atoms with Crippen LogP contribution in [0.15, 0.2) is 12.1 Å². The lowest BCUT2D eigenvalue weighted by molar-refractivity contribution is -0.135. The lowest BCUT2D eigenvalue weighted by Gasteiger charge is -2.26. The second-order valence-electron chi connectivity index (χ2n) is 6.55. The van der Waals surface area contributed by atoms with Gasteiger partial charge in [0.25, 0.3) is 5.91 Å². The summed E-state index contributed by atoms with van der Waals surface area (Å²) in [5.74, 6) is -0.895. The zero-order chi connectivity index (χ0) is 17.1. The predicted molar refractivity (Wildman–Crippen MR) is 90.3 cm³/mol. The highest BCUT2D eigenvalue weighted by Gasteiger charge is 2.32. The van der Waals surface area contributed by atoms with Gasteiger partial charge in [-0.15, -0.1) is 11.3 Å². The third-order valence-electron chi connectivity index (χ3n) is 4.83. The van der Waals surface area contributed by atoms with Crippen LogP contribution in [0.4, 0.5) is 0 Å². The maximum absolute atomic E-state index is 12.5. The molecule has 1 aromatic heterocycles. The van der Waals surface area contributed by atoms with Crippen LogP contribution in [0.1, 0.15) is 57.9 Å². The molecule has 0 spiro atoms. The van der Waals surface area contributed by atoms with E-state index in [2.05, 4.69) is 5.32 Å². The summed E-state index contributed by atoms with van der Waals surface area (Å²) in [5, 5.41) is 11.8. The molecule has 130 valence electrons. The molecule has 6 nitrogen and oxygen atoms in total. The molecule has 1 aromatic rings. The highest BCUT2D eigenvalue weighted by atomic mass is 32.1. The number of aromatic carboxylic acids is 1. The third-order valence-corrected chi connectivity index (χ3v) is 5.90. The number of nitrogens with one attached hydrogen (secondary N) is 1. The van der Waals surface area contributed by atoms with Crippen LogP contribution in [-0.2, 0) is 4.79 Å². The number of amides is 2. The molecule has 1 aliphatic heterocycles. The number of carbonyl (C=O) groups is 3. The number of carbonyl (C=O) groups excluding carboxylic acids is 2. The number of nitrogens with zero attached hydrogens (tertiary/aromatic N) is 1. The van der Waals surface area contributed by atoms with Gasteiger partial charge in [-0.1, -0.05) is 19.3 Å². The van der Waals surface area contributed by atoms with Crippen molar-refractivity contribution in [1.29, 1.82) is 0 Å². The van der Waals surface area contributed by atoms with Crippen LogP contribution in [0.25, 0.3) is 0 Å². The van der Waals surface area contributed by atoms with E-state index in [1.54, 1.807) is 0 Å². The van der Waals surface area contributed by atoms with Crippen LogP contribution in [0, 0.1) is 5.92 Å². The number of thiophene rings is 1. The molecule has 1 atom stereocenters. The summed E-state index contributed by atoms with van der Waals surface area (Å²) in [6, 6.07) is 2.92. The molecule has 1 unspecified atom stereocenters. The molecule has 2 heterocycles. The van der Waals surface area contributed by atoms with E-state index in [0.29, 0.717) is 18.0 Å². The fraction of sp³-hybridized carbons (Fsp3) is 0.588. The van der Waals surface area contributed by atoms with Crippen molar-refractivity contribution in [2.45, 2.75) is 44.6 Å². The van der Waals surface area contributed by atoms with E-state index in [0.717, 1.165) is 43.4 Å². The summed E-state index contributed by atoms with van der Waals surface area (Å²) in [4.78, 5) is 38.1. The average Bonchev–Trinajstić information content (AvgIpc) is 3.24. The summed E-state index contributed by atoms with van der Waals surface area (Å²) in [6.45, 7) is 1.24. The van der Waals surface area contributed by atoms with Gasteiger partial charge in [0.15, 0.2) is 0 Å². The average molecular weight is 350 g/mol. The van der Waals surface area contributed by atoms with Crippen LogP contribution < -0.4 is 5.32 Å². The SMILES string of the molecule is O=C(O)c1ccc(C(=O)NC2CCN(C(=O)C3CCCCC3)C2)s1. The number of likely N-dealkylation sites (tertiary alicyclic amines) is 1. The Labute approximate surface area is 144 Å². The highest BCUT2D eigenvalue weighted by molar-refractivity contribution is 7.15. The zero-order valence-corrected chi connectivity index (χ0v) is 14.3. The lowest BCUT2D eigenvalue weighted by Crippen LogP contribution is -2.40. The minimum Gasteiger partial charge on any atom is -0.477 e. The summed E-state index contributed by atoms with van der Waals surface area (Å²) in [5.41, 5.74) is 0. The zero-order valence-electron chi connectivity index (χ0n) is 13.5.